The number of fused-ring (bicyclic) bond motifs is 2. The largest absolute Gasteiger partial charge is 0.487 e. The molecule has 0 aromatic heterocycles. The van der Waals surface area contributed by atoms with Crippen LogP contribution in [0, 0.1) is 0 Å². The van der Waals surface area contributed by atoms with Crippen LogP contribution in [0.1, 0.15) is 18.4 Å². The molecule has 1 fully saturated rings. The van der Waals surface area contributed by atoms with Crippen LogP contribution in [-0.4, -0.2) is 37.1 Å². The minimum Gasteiger partial charge on any atom is -0.487 e. The number of nitrogens with zero attached hydrogens (tertiary/aromatic N) is 2. The molecule has 2 N–H and O–H groups in total. The zero-order chi connectivity index (χ0) is 16.4. The smallest absolute Gasteiger partial charge is 0.143 e. The molecule has 2 aliphatic heterocycles. The molecule has 0 bridgehead atoms. The molecule has 0 spiro atoms. The first-order chi connectivity index (χ1) is 11.8. The van der Waals surface area contributed by atoms with Crippen molar-refractivity contribution in [2.24, 2.45) is 5.73 Å². The highest BCUT2D eigenvalue weighted by molar-refractivity contribution is 5.72. The number of para-hydroxylation sites is 3. The molecule has 4 heteroatoms. The van der Waals surface area contributed by atoms with E-state index in [1.54, 1.807) is 0 Å². The van der Waals surface area contributed by atoms with E-state index in [4.69, 9.17) is 10.5 Å². The molecule has 2 heterocycles. The monoisotopic (exact) mass is 323 g/mol. The van der Waals surface area contributed by atoms with E-state index in [9.17, 15) is 0 Å². The first-order valence-electron chi connectivity index (χ1n) is 8.86. The Bertz CT molecular complexity index is 647. The minimum atomic E-state index is 0.384. The molecule has 0 radical (unpaired) electrons. The van der Waals surface area contributed by atoms with Gasteiger partial charge in [0.15, 0.2) is 0 Å². The van der Waals surface area contributed by atoms with Crippen LogP contribution in [0.15, 0.2) is 48.5 Å². The van der Waals surface area contributed by atoms with Crippen molar-refractivity contribution in [1.29, 1.82) is 0 Å². The molecule has 126 valence electrons. The van der Waals surface area contributed by atoms with Gasteiger partial charge in [0.2, 0.25) is 0 Å². The van der Waals surface area contributed by atoms with Crippen LogP contribution in [0.3, 0.4) is 0 Å². The van der Waals surface area contributed by atoms with Gasteiger partial charge in [-0.05, 0) is 44.1 Å². The number of likely N-dealkylation sites (tertiary alicyclic amines) is 1. The maximum atomic E-state index is 6.04. The molecule has 2 aromatic rings. The van der Waals surface area contributed by atoms with Crippen molar-refractivity contribution < 1.29 is 4.74 Å². The Kier molecular flexibility index (Phi) is 4.41. The van der Waals surface area contributed by atoms with Crippen molar-refractivity contribution in [3.8, 4) is 5.75 Å². The Labute approximate surface area is 143 Å². The van der Waals surface area contributed by atoms with E-state index in [1.807, 2.05) is 6.07 Å². The first kappa shape index (κ1) is 15.5. The Hall–Kier alpha value is -2.04. The third-order valence-corrected chi connectivity index (χ3v) is 5.09. The van der Waals surface area contributed by atoms with E-state index >= 15 is 0 Å². The number of nitrogens with two attached hydrogens (primary N) is 1. The molecule has 0 amide bonds. The zero-order valence-corrected chi connectivity index (χ0v) is 14.0. The number of hydrogen-bond donors (Lipinski definition) is 1. The fraction of sp³-hybridized carbons (Fsp3) is 0.400. The number of benzene rings is 2. The van der Waals surface area contributed by atoms with Gasteiger partial charge in [0.25, 0.3) is 0 Å². The van der Waals surface area contributed by atoms with Gasteiger partial charge >= 0.3 is 0 Å². The fourth-order valence-electron chi connectivity index (χ4n) is 3.64. The molecule has 4 nitrogen and oxygen atoms in total. The summed E-state index contributed by atoms with van der Waals surface area (Å²) in [5.74, 6) is 0.967. The van der Waals surface area contributed by atoms with Crippen molar-refractivity contribution in [1.82, 2.24) is 4.90 Å². The summed E-state index contributed by atoms with van der Waals surface area (Å²) in [6.07, 6.45) is 2.21. The number of rotatable bonds is 3. The van der Waals surface area contributed by atoms with Gasteiger partial charge in [0.05, 0.1) is 5.69 Å². The number of piperidine rings is 1. The van der Waals surface area contributed by atoms with E-state index in [-0.39, 0.29) is 0 Å². The number of hydrogen-bond acceptors (Lipinski definition) is 4. The van der Waals surface area contributed by atoms with E-state index in [0.717, 1.165) is 50.5 Å². The second-order valence-electron chi connectivity index (χ2n) is 6.72. The van der Waals surface area contributed by atoms with E-state index in [0.29, 0.717) is 12.6 Å². The quantitative estimate of drug-likeness (QED) is 0.942. The maximum Gasteiger partial charge on any atom is 0.143 e. The highest BCUT2D eigenvalue weighted by Crippen LogP contribution is 2.38. The lowest BCUT2D eigenvalue weighted by Gasteiger charge is -2.33. The lowest BCUT2D eigenvalue weighted by molar-refractivity contribution is 0.218. The predicted octanol–water partition coefficient (Wildman–Crippen LogP) is 3.14. The summed E-state index contributed by atoms with van der Waals surface area (Å²) in [5.41, 5.74) is 9.70. The van der Waals surface area contributed by atoms with Crippen LogP contribution in [0.2, 0.25) is 0 Å². The SMILES string of the molecule is NC1CCN(CCN2c3ccccc3COc3ccccc32)CC1. The summed E-state index contributed by atoms with van der Waals surface area (Å²) in [5, 5.41) is 0. The number of ether oxygens (including phenoxy) is 1. The number of anilines is 2. The van der Waals surface area contributed by atoms with Gasteiger partial charge in [-0.15, -0.1) is 0 Å². The second-order valence-corrected chi connectivity index (χ2v) is 6.72. The highest BCUT2D eigenvalue weighted by Gasteiger charge is 2.22. The molecule has 4 rings (SSSR count). The Balaban J connectivity index is 1.58. The summed E-state index contributed by atoms with van der Waals surface area (Å²) < 4.78 is 6.04. The van der Waals surface area contributed by atoms with Crippen LogP contribution in [0.5, 0.6) is 5.75 Å². The molecule has 0 atom stereocenters. The lowest BCUT2D eigenvalue weighted by atomic mass is 10.1. The fourth-order valence-corrected chi connectivity index (χ4v) is 3.64. The molecule has 24 heavy (non-hydrogen) atoms. The van der Waals surface area contributed by atoms with Gasteiger partial charge in [-0.3, -0.25) is 0 Å². The van der Waals surface area contributed by atoms with Gasteiger partial charge in [-0.1, -0.05) is 30.3 Å². The summed E-state index contributed by atoms with van der Waals surface area (Å²) in [7, 11) is 0. The Morgan fingerprint density at radius 2 is 1.62 bits per heavy atom. The van der Waals surface area contributed by atoms with Crippen molar-refractivity contribution in [2.75, 3.05) is 31.1 Å². The lowest BCUT2D eigenvalue weighted by Crippen LogP contribution is -2.42. The summed E-state index contributed by atoms with van der Waals surface area (Å²) >= 11 is 0. The molecule has 2 aromatic carbocycles. The zero-order valence-electron chi connectivity index (χ0n) is 14.0. The van der Waals surface area contributed by atoms with E-state index in [2.05, 4.69) is 52.3 Å². The molecule has 1 saturated heterocycles. The standard InChI is InChI=1S/C20H25N3O/c21-17-9-11-22(12-10-17)13-14-23-18-6-2-1-5-16(18)15-24-20-8-4-3-7-19(20)23/h1-8,17H,9-15,21H2. The molecule has 0 unspecified atom stereocenters. The predicted molar refractivity (Wildman–Crippen MR) is 97.9 cm³/mol. The van der Waals surface area contributed by atoms with E-state index in [1.165, 1.54) is 11.3 Å². The van der Waals surface area contributed by atoms with Crippen molar-refractivity contribution in [3.63, 3.8) is 0 Å². The third kappa shape index (κ3) is 3.12. The van der Waals surface area contributed by atoms with Crippen molar-refractivity contribution in [2.45, 2.75) is 25.5 Å². The Morgan fingerprint density at radius 3 is 2.46 bits per heavy atom. The molecular formula is C20H25N3O. The van der Waals surface area contributed by atoms with Gasteiger partial charge < -0.3 is 20.3 Å². The topological polar surface area (TPSA) is 41.7 Å². The van der Waals surface area contributed by atoms with Crippen LogP contribution in [0.25, 0.3) is 0 Å². The molecule has 0 saturated carbocycles. The maximum absolute atomic E-state index is 6.04. The van der Waals surface area contributed by atoms with Crippen molar-refractivity contribution in [3.05, 3.63) is 54.1 Å². The summed E-state index contributed by atoms with van der Waals surface area (Å²) in [6.45, 7) is 4.86. The van der Waals surface area contributed by atoms with E-state index < -0.39 is 0 Å². The van der Waals surface area contributed by atoms with Crippen LogP contribution in [-0.2, 0) is 6.61 Å². The first-order valence-corrected chi connectivity index (χ1v) is 8.86. The Morgan fingerprint density at radius 1 is 0.917 bits per heavy atom. The molecule has 0 aliphatic carbocycles. The van der Waals surface area contributed by atoms with Gasteiger partial charge in [0, 0.05) is 30.4 Å². The minimum absolute atomic E-state index is 0.384. The van der Waals surface area contributed by atoms with Crippen LogP contribution in [0.4, 0.5) is 11.4 Å². The summed E-state index contributed by atoms with van der Waals surface area (Å²) in [4.78, 5) is 4.94. The molecular weight excluding hydrogens is 298 g/mol. The normalized spacial score (nSPS) is 18.5. The average Bonchev–Trinajstić information content (AvgIpc) is 2.78. The van der Waals surface area contributed by atoms with Gasteiger partial charge in [0.1, 0.15) is 12.4 Å². The van der Waals surface area contributed by atoms with Crippen LogP contribution < -0.4 is 15.4 Å². The average molecular weight is 323 g/mol. The van der Waals surface area contributed by atoms with Gasteiger partial charge in [-0.25, -0.2) is 0 Å². The molecule has 2 aliphatic rings. The highest BCUT2D eigenvalue weighted by atomic mass is 16.5. The van der Waals surface area contributed by atoms with Crippen LogP contribution >= 0.6 is 0 Å². The van der Waals surface area contributed by atoms with Crippen molar-refractivity contribution >= 4 is 11.4 Å². The van der Waals surface area contributed by atoms with Gasteiger partial charge in [-0.2, -0.15) is 0 Å². The second kappa shape index (κ2) is 6.83. The summed E-state index contributed by atoms with van der Waals surface area (Å²) in [6, 6.07) is 17.3. The third-order valence-electron chi connectivity index (χ3n) is 5.09.